The summed E-state index contributed by atoms with van der Waals surface area (Å²) in [5, 5.41) is 4.60. The van der Waals surface area contributed by atoms with Gasteiger partial charge in [-0.05, 0) is 55.8 Å². The molecule has 1 atom stereocenters. The lowest BCUT2D eigenvalue weighted by Crippen LogP contribution is -2.51. The standard InChI is InChI=1S/C34H37N3O4S/c1-24(2)35-34(39)30(22-26-10-5-4-6-11-26)36(23-27-19-17-25(3)18-20-27)32(38)16-9-21-37-29-14-7-12-28-13-8-15-31(33(28)29)42(37,40)41/h4-8,10-15,17-20,24,30H,9,16,21-23H2,1-3H3,(H,35,39). The lowest BCUT2D eigenvalue weighted by atomic mass is 10.0. The second kappa shape index (κ2) is 12.4. The van der Waals surface area contributed by atoms with Crippen molar-refractivity contribution >= 4 is 38.3 Å². The summed E-state index contributed by atoms with van der Waals surface area (Å²) >= 11 is 0. The first kappa shape index (κ1) is 29.3. The van der Waals surface area contributed by atoms with Crippen molar-refractivity contribution in [3.8, 4) is 0 Å². The van der Waals surface area contributed by atoms with Gasteiger partial charge in [-0.2, -0.15) is 0 Å². The van der Waals surface area contributed by atoms with Crippen molar-refractivity contribution in [3.63, 3.8) is 0 Å². The third-order valence-electron chi connectivity index (χ3n) is 7.61. The number of benzene rings is 4. The molecule has 0 aromatic heterocycles. The highest BCUT2D eigenvalue weighted by Crippen LogP contribution is 2.42. The molecular formula is C34H37N3O4S. The maximum Gasteiger partial charge on any atom is 0.265 e. The van der Waals surface area contributed by atoms with Crippen LogP contribution in [0.5, 0.6) is 0 Å². The smallest absolute Gasteiger partial charge is 0.265 e. The van der Waals surface area contributed by atoms with Crippen LogP contribution in [-0.4, -0.2) is 43.8 Å². The van der Waals surface area contributed by atoms with Crippen molar-refractivity contribution in [3.05, 3.63) is 108 Å². The Hall–Kier alpha value is -4.17. The van der Waals surface area contributed by atoms with E-state index < -0.39 is 16.1 Å². The third-order valence-corrected chi connectivity index (χ3v) is 9.46. The van der Waals surface area contributed by atoms with E-state index in [2.05, 4.69) is 5.32 Å². The molecule has 4 aromatic rings. The van der Waals surface area contributed by atoms with Gasteiger partial charge in [0.25, 0.3) is 10.0 Å². The molecule has 7 nitrogen and oxygen atoms in total. The number of rotatable bonds is 11. The van der Waals surface area contributed by atoms with Gasteiger partial charge in [-0.1, -0.05) is 84.4 Å². The summed E-state index contributed by atoms with van der Waals surface area (Å²) in [6.45, 7) is 6.25. The van der Waals surface area contributed by atoms with Crippen LogP contribution in [0.15, 0.2) is 95.9 Å². The molecule has 0 saturated heterocycles. The van der Waals surface area contributed by atoms with Gasteiger partial charge in [0.15, 0.2) is 0 Å². The molecule has 5 rings (SSSR count). The highest BCUT2D eigenvalue weighted by Gasteiger charge is 2.36. The fourth-order valence-corrected chi connectivity index (χ4v) is 7.29. The first-order valence-electron chi connectivity index (χ1n) is 14.4. The van der Waals surface area contributed by atoms with E-state index in [0.717, 1.165) is 27.5 Å². The Kier molecular flexibility index (Phi) is 8.64. The van der Waals surface area contributed by atoms with Gasteiger partial charge in [-0.3, -0.25) is 13.9 Å². The zero-order valence-electron chi connectivity index (χ0n) is 24.3. The fourth-order valence-electron chi connectivity index (χ4n) is 5.54. The van der Waals surface area contributed by atoms with Crippen molar-refractivity contribution in [1.82, 2.24) is 10.2 Å². The molecule has 1 N–H and O–H groups in total. The number of anilines is 1. The zero-order valence-corrected chi connectivity index (χ0v) is 25.1. The third kappa shape index (κ3) is 6.19. The summed E-state index contributed by atoms with van der Waals surface area (Å²) in [6.07, 6.45) is 0.788. The number of nitrogens with zero attached hydrogens (tertiary/aromatic N) is 2. The van der Waals surface area contributed by atoms with E-state index >= 15 is 0 Å². The summed E-state index contributed by atoms with van der Waals surface area (Å²) in [5.41, 5.74) is 3.63. The van der Waals surface area contributed by atoms with E-state index in [9.17, 15) is 18.0 Å². The van der Waals surface area contributed by atoms with Gasteiger partial charge in [-0.25, -0.2) is 8.42 Å². The lowest BCUT2D eigenvalue weighted by molar-refractivity contribution is -0.141. The van der Waals surface area contributed by atoms with E-state index in [-0.39, 0.29) is 37.4 Å². The van der Waals surface area contributed by atoms with Crippen molar-refractivity contribution in [2.24, 2.45) is 0 Å². The minimum absolute atomic E-state index is 0.0863. The minimum Gasteiger partial charge on any atom is -0.352 e. The fraction of sp³-hybridized carbons (Fsp3) is 0.294. The minimum atomic E-state index is -3.71. The number of carbonyl (C=O) groups excluding carboxylic acids is 2. The Morgan fingerprint density at radius 3 is 2.24 bits per heavy atom. The second-order valence-corrected chi connectivity index (χ2v) is 13.0. The molecule has 2 amide bonds. The average molecular weight is 584 g/mol. The van der Waals surface area contributed by atoms with Gasteiger partial charge in [0.2, 0.25) is 11.8 Å². The lowest BCUT2D eigenvalue weighted by Gasteiger charge is -2.32. The molecule has 1 aliphatic heterocycles. The first-order valence-corrected chi connectivity index (χ1v) is 15.8. The SMILES string of the molecule is Cc1ccc(CN(C(=O)CCCN2c3cccc4cccc(c34)S2(=O)=O)C(Cc2ccccc2)C(=O)NC(C)C)cc1. The molecule has 1 unspecified atom stereocenters. The normalized spacial score (nSPS) is 14.2. The van der Waals surface area contributed by atoms with Crippen LogP contribution < -0.4 is 9.62 Å². The van der Waals surface area contributed by atoms with Gasteiger partial charge in [0.1, 0.15) is 6.04 Å². The Morgan fingerprint density at radius 1 is 0.857 bits per heavy atom. The molecule has 0 aliphatic carbocycles. The number of amides is 2. The molecule has 0 saturated carbocycles. The number of nitrogens with one attached hydrogen (secondary N) is 1. The monoisotopic (exact) mass is 583 g/mol. The molecule has 4 aromatic carbocycles. The topological polar surface area (TPSA) is 86.8 Å². The summed E-state index contributed by atoms with van der Waals surface area (Å²) in [6, 6.07) is 27.7. The van der Waals surface area contributed by atoms with Crippen molar-refractivity contribution in [2.75, 3.05) is 10.8 Å². The molecule has 8 heteroatoms. The van der Waals surface area contributed by atoms with Gasteiger partial charge in [0.05, 0.1) is 10.6 Å². The summed E-state index contributed by atoms with van der Waals surface area (Å²) in [7, 11) is -3.71. The maximum absolute atomic E-state index is 14.0. The van der Waals surface area contributed by atoms with Crippen molar-refractivity contribution < 1.29 is 18.0 Å². The predicted octanol–water partition coefficient (Wildman–Crippen LogP) is 5.60. The van der Waals surface area contributed by atoms with Crippen LogP contribution in [0, 0.1) is 6.92 Å². The van der Waals surface area contributed by atoms with Crippen molar-refractivity contribution in [2.45, 2.75) is 63.6 Å². The van der Waals surface area contributed by atoms with Gasteiger partial charge < -0.3 is 10.2 Å². The molecule has 1 aliphatic rings. The number of carbonyl (C=O) groups is 2. The molecule has 0 bridgehead atoms. The van der Waals surface area contributed by atoms with E-state index in [1.165, 1.54) is 4.31 Å². The Bertz CT molecular complexity index is 1680. The number of hydrogen-bond donors (Lipinski definition) is 1. The molecule has 0 radical (unpaired) electrons. The summed E-state index contributed by atoms with van der Waals surface area (Å²) in [4.78, 5) is 29.5. The van der Waals surface area contributed by atoms with E-state index in [0.29, 0.717) is 23.4 Å². The number of sulfonamides is 1. The maximum atomic E-state index is 14.0. The van der Waals surface area contributed by atoms with Crippen LogP contribution in [0.4, 0.5) is 5.69 Å². The molecule has 0 spiro atoms. The van der Waals surface area contributed by atoms with Gasteiger partial charge in [-0.15, -0.1) is 0 Å². The predicted molar refractivity (Wildman–Crippen MR) is 167 cm³/mol. The van der Waals surface area contributed by atoms with Crippen LogP contribution in [-0.2, 0) is 32.6 Å². The summed E-state index contributed by atoms with van der Waals surface area (Å²) in [5.74, 6) is -0.402. The van der Waals surface area contributed by atoms with E-state index in [4.69, 9.17) is 0 Å². The molecular weight excluding hydrogens is 546 g/mol. The highest BCUT2D eigenvalue weighted by molar-refractivity contribution is 7.93. The largest absolute Gasteiger partial charge is 0.352 e. The number of aryl methyl sites for hydroxylation is 1. The van der Waals surface area contributed by atoms with Crippen LogP contribution in [0.1, 0.15) is 43.4 Å². The Balaban J connectivity index is 1.39. The van der Waals surface area contributed by atoms with Gasteiger partial charge >= 0.3 is 0 Å². The average Bonchev–Trinajstić information content (AvgIpc) is 3.19. The van der Waals surface area contributed by atoms with Crippen LogP contribution in [0.25, 0.3) is 10.8 Å². The quantitative estimate of drug-likeness (QED) is 0.249. The van der Waals surface area contributed by atoms with Crippen molar-refractivity contribution in [1.29, 1.82) is 0 Å². The van der Waals surface area contributed by atoms with E-state index in [1.807, 2.05) is 99.6 Å². The first-order chi connectivity index (χ1) is 20.1. The molecule has 42 heavy (non-hydrogen) atoms. The molecule has 1 heterocycles. The molecule has 218 valence electrons. The van der Waals surface area contributed by atoms with Crippen LogP contribution in [0.3, 0.4) is 0 Å². The molecule has 0 fully saturated rings. The Morgan fingerprint density at radius 2 is 1.55 bits per heavy atom. The van der Waals surface area contributed by atoms with E-state index in [1.54, 1.807) is 17.0 Å². The highest BCUT2D eigenvalue weighted by atomic mass is 32.2. The zero-order chi connectivity index (χ0) is 29.9. The number of hydrogen-bond acceptors (Lipinski definition) is 4. The van der Waals surface area contributed by atoms with Gasteiger partial charge in [0, 0.05) is 37.4 Å². The Labute approximate surface area is 248 Å². The van der Waals surface area contributed by atoms with Crippen LogP contribution in [0.2, 0.25) is 0 Å². The van der Waals surface area contributed by atoms with Crippen LogP contribution >= 0.6 is 0 Å². The second-order valence-electron chi connectivity index (χ2n) is 11.2. The summed E-state index contributed by atoms with van der Waals surface area (Å²) < 4.78 is 28.3.